The third-order valence-corrected chi connectivity index (χ3v) is 13.1. The molecule has 0 spiro atoms. The molecule has 0 heterocycles. The van der Waals surface area contributed by atoms with Crippen molar-refractivity contribution in [1.82, 2.24) is 0 Å². The zero-order valence-corrected chi connectivity index (χ0v) is 17.6. The van der Waals surface area contributed by atoms with E-state index in [0.717, 1.165) is 34.9 Å². The van der Waals surface area contributed by atoms with Gasteiger partial charge in [-0.05, 0) is 0 Å². The fourth-order valence-electron chi connectivity index (χ4n) is 1.57. The van der Waals surface area contributed by atoms with Crippen molar-refractivity contribution in [2.75, 3.05) is 41.3 Å². The summed E-state index contributed by atoms with van der Waals surface area (Å²) < 4.78 is 3.32. The molecule has 0 aliphatic rings. The molecular weight excluding hydrogens is 439 g/mol. The predicted molar refractivity (Wildman–Crippen MR) is 93.5 cm³/mol. The number of halogens is 4. The second-order valence-corrected chi connectivity index (χ2v) is 21.7. The van der Waals surface area contributed by atoms with Crippen LogP contribution in [0.1, 0.15) is 12.8 Å². The van der Waals surface area contributed by atoms with Crippen LogP contribution in [-0.4, -0.2) is 79.7 Å². The van der Waals surface area contributed by atoms with Crippen LogP contribution >= 0.6 is 40.8 Å². The van der Waals surface area contributed by atoms with Crippen LogP contribution in [-0.2, 0) is 0 Å². The molecule has 0 saturated heterocycles. The molecule has 0 aromatic rings. The summed E-state index contributed by atoms with van der Waals surface area (Å²) in [5.74, 6) is 0. The van der Waals surface area contributed by atoms with E-state index in [9.17, 15) is 0 Å². The molecule has 9 heteroatoms. The van der Waals surface area contributed by atoms with Crippen LogP contribution in [0, 0.1) is 0 Å². The first-order valence-corrected chi connectivity index (χ1v) is 16.3. The van der Waals surface area contributed by atoms with E-state index in [4.69, 9.17) is 40.8 Å². The number of hydrogen-bond donors (Lipinski definition) is 0. The SMILES string of the molecule is C[N+](C)([B-]Cl)CCC[Te](Cl)(Cl)CCC[N+](C)(C)[B-]Cl. The standard InChI is InChI=1S/C10H24B2Cl4N2Te/c1-17(2,11-13)7-5-9-19(15,16)10-6-8-18(3,4)12-14/h5-10H2,1-4H3. The summed E-state index contributed by atoms with van der Waals surface area (Å²) in [5, 5.41) is 0. The second kappa shape index (κ2) is 9.21. The van der Waals surface area contributed by atoms with E-state index in [2.05, 4.69) is 28.2 Å². The summed E-state index contributed by atoms with van der Waals surface area (Å²) in [6.45, 7) is 5.31. The fourth-order valence-corrected chi connectivity index (χ4v) is 8.42. The van der Waals surface area contributed by atoms with E-state index in [0.29, 0.717) is 8.79 Å². The van der Waals surface area contributed by atoms with Gasteiger partial charge in [0.25, 0.3) is 0 Å². The minimum atomic E-state index is -2.66. The van der Waals surface area contributed by atoms with Crippen LogP contribution in [0.4, 0.5) is 0 Å². The van der Waals surface area contributed by atoms with Gasteiger partial charge in [-0.3, -0.25) is 0 Å². The van der Waals surface area contributed by atoms with E-state index >= 15 is 0 Å². The quantitative estimate of drug-likeness (QED) is 0.436. The number of rotatable bonds is 10. The summed E-state index contributed by atoms with van der Waals surface area (Å²) in [6.07, 6.45) is 2.06. The Balaban J connectivity index is 3.93. The second-order valence-electron chi connectivity index (χ2n) is 6.01. The molecule has 0 bridgehead atoms. The topological polar surface area (TPSA) is 0 Å². The van der Waals surface area contributed by atoms with Crippen molar-refractivity contribution in [3.05, 3.63) is 0 Å². The Morgan fingerprint density at radius 3 is 1.37 bits per heavy atom. The average molecular weight is 463 g/mol. The first kappa shape index (κ1) is 21.0. The van der Waals surface area contributed by atoms with E-state index in [1.54, 1.807) is 13.7 Å². The van der Waals surface area contributed by atoms with Gasteiger partial charge in [0.1, 0.15) is 0 Å². The first-order valence-electron chi connectivity index (χ1n) is 6.26. The Bertz CT molecular complexity index is 244. The third-order valence-electron chi connectivity index (χ3n) is 2.88. The van der Waals surface area contributed by atoms with Crippen molar-refractivity contribution in [2.45, 2.75) is 21.8 Å². The van der Waals surface area contributed by atoms with Crippen LogP contribution in [0.25, 0.3) is 0 Å². The molecule has 0 aliphatic heterocycles. The van der Waals surface area contributed by atoms with E-state index in [1.165, 1.54) is 0 Å². The molecule has 0 rings (SSSR count). The van der Waals surface area contributed by atoms with Gasteiger partial charge >= 0.3 is 142 Å². The minimum absolute atomic E-state index is 0.694. The maximum atomic E-state index is 6.54. The summed E-state index contributed by atoms with van der Waals surface area (Å²) in [6, 6.07) is 0. The first-order chi connectivity index (χ1) is 8.54. The molecule has 0 aromatic heterocycles. The van der Waals surface area contributed by atoms with Gasteiger partial charge in [0.2, 0.25) is 0 Å². The maximum absolute atomic E-state index is 6.54. The van der Waals surface area contributed by atoms with Crippen LogP contribution in [0.3, 0.4) is 0 Å². The molecule has 2 nitrogen and oxygen atoms in total. The Hall–Kier alpha value is 2.00. The molecule has 114 valence electrons. The number of nitrogens with zero attached hydrogens (tertiary/aromatic N) is 2. The Kier molecular flexibility index (Phi) is 10.2. The zero-order valence-electron chi connectivity index (χ0n) is 12.2. The molecule has 0 N–H and O–H groups in total. The molecule has 0 aromatic carbocycles. The van der Waals surface area contributed by atoms with E-state index in [1.807, 2.05) is 0 Å². The average Bonchev–Trinajstić information content (AvgIpc) is 2.28. The molecule has 19 heavy (non-hydrogen) atoms. The van der Waals surface area contributed by atoms with Crippen LogP contribution < -0.4 is 0 Å². The third kappa shape index (κ3) is 11.2. The molecular formula is C10H24B2Cl4N2Te. The van der Waals surface area contributed by atoms with Crippen molar-refractivity contribution in [3.63, 3.8) is 0 Å². The summed E-state index contributed by atoms with van der Waals surface area (Å²) in [4.78, 5) is 0. The van der Waals surface area contributed by atoms with E-state index < -0.39 is 15.9 Å². The van der Waals surface area contributed by atoms with Gasteiger partial charge in [0, 0.05) is 0 Å². The summed E-state index contributed by atoms with van der Waals surface area (Å²) in [5.41, 5.74) is 0. The van der Waals surface area contributed by atoms with Crippen molar-refractivity contribution in [1.29, 1.82) is 0 Å². The number of hydrogen-bond acceptors (Lipinski definition) is 0. The molecule has 0 amide bonds. The van der Waals surface area contributed by atoms with Gasteiger partial charge in [0.05, 0.1) is 0 Å². The Morgan fingerprint density at radius 2 is 1.11 bits per heavy atom. The van der Waals surface area contributed by atoms with Gasteiger partial charge < -0.3 is 0 Å². The molecule has 0 aliphatic carbocycles. The van der Waals surface area contributed by atoms with Crippen LogP contribution in [0.5, 0.6) is 0 Å². The fraction of sp³-hybridized carbons (Fsp3) is 1.00. The summed E-state index contributed by atoms with van der Waals surface area (Å²) in [7, 11) is 21.4. The Labute approximate surface area is 141 Å². The van der Waals surface area contributed by atoms with E-state index in [-0.39, 0.29) is 0 Å². The predicted octanol–water partition coefficient (Wildman–Crippen LogP) is 3.39. The molecule has 0 saturated carbocycles. The van der Waals surface area contributed by atoms with Crippen molar-refractivity contribution >= 4 is 70.4 Å². The monoisotopic (exact) mass is 464 g/mol. The van der Waals surface area contributed by atoms with Crippen molar-refractivity contribution in [3.8, 4) is 0 Å². The molecule has 0 atom stereocenters. The van der Waals surface area contributed by atoms with Gasteiger partial charge in [0.15, 0.2) is 0 Å². The molecule has 0 unspecified atom stereocenters. The molecule has 4 radical (unpaired) electrons. The van der Waals surface area contributed by atoms with Gasteiger partial charge in [-0.1, -0.05) is 0 Å². The van der Waals surface area contributed by atoms with Gasteiger partial charge in [-0.15, -0.1) is 0 Å². The number of quaternary nitrogens is 2. The summed E-state index contributed by atoms with van der Waals surface area (Å²) >= 11 is 8.89. The van der Waals surface area contributed by atoms with Gasteiger partial charge in [-0.25, -0.2) is 0 Å². The Morgan fingerprint density at radius 1 is 0.789 bits per heavy atom. The zero-order chi connectivity index (χ0) is 15.2. The van der Waals surface area contributed by atoms with Crippen LogP contribution in [0.15, 0.2) is 0 Å². The van der Waals surface area contributed by atoms with Crippen molar-refractivity contribution < 1.29 is 8.79 Å². The molecule has 0 fully saturated rings. The normalized spacial score (nSPS) is 14.7. The van der Waals surface area contributed by atoms with Crippen molar-refractivity contribution in [2.24, 2.45) is 0 Å². The van der Waals surface area contributed by atoms with Crippen LogP contribution in [0.2, 0.25) is 8.94 Å². The van der Waals surface area contributed by atoms with Gasteiger partial charge in [-0.2, -0.15) is 0 Å².